The fourth-order valence-corrected chi connectivity index (χ4v) is 2.18. The average Bonchev–Trinajstić information content (AvgIpc) is 2.87. The van der Waals surface area contributed by atoms with Crippen LogP contribution in [0.3, 0.4) is 0 Å². The first-order chi connectivity index (χ1) is 9.35. The molecule has 102 valence electrons. The Morgan fingerprint density at radius 2 is 2.11 bits per heavy atom. The van der Waals surface area contributed by atoms with Crippen LogP contribution in [0.4, 0.5) is 0 Å². The van der Waals surface area contributed by atoms with E-state index in [0.717, 1.165) is 37.4 Å². The third kappa shape index (κ3) is 3.61. The highest BCUT2D eigenvalue weighted by atomic mass is 15.1. The molecule has 0 aromatic carbocycles. The number of nitrogens with one attached hydrogen (secondary N) is 1. The van der Waals surface area contributed by atoms with Crippen molar-refractivity contribution in [1.29, 1.82) is 0 Å². The van der Waals surface area contributed by atoms with Crippen LogP contribution in [0.1, 0.15) is 37.8 Å². The lowest BCUT2D eigenvalue weighted by molar-refractivity contribution is 0.504. The fourth-order valence-electron chi connectivity index (χ4n) is 2.18. The van der Waals surface area contributed by atoms with Gasteiger partial charge in [0, 0.05) is 43.9 Å². The van der Waals surface area contributed by atoms with Crippen LogP contribution in [0, 0.1) is 0 Å². The molecule has 0 saturated heterocycles. The molecule has 2 rings (SSSR count). The number of hydrogen-bond acceptors (Lipinski definition) is 4. The van der Waals surface area contributed by atoms with Crippen LogP contribution in [0.15, 0.2) is 31.0 Å². The van der Waals surface area contributed by atoms with Gasteiger partial charge in [-0.15, -0.1) is 0 Å². The Labute approximate surface area is 114 Å². The van der Waals surface area contributed by atoms with E-state index in [1.54, 1.807) is 12.4 Å². The molecule has 1 unspecified atom stereocenters. The smallest absolute Gasteiger partial charge is 0.110 e. The van der Waals surface area contributed by atoms with Gasteiger partial charge in [-0.25, -0.2) is 4.98 Å². The van der Waals surface area contributed by atoms with E-state index in [0.29, 0.717) is 0 Å². The van der Waals surface area contributed by atoms with E-state index in [4.69, 9.17) is 0 Å². The van der Waals surface area contributed by atoms with Crippen molar-refractivity contribution in [2.45, 2.75) is 39.3 Å². The molecule has 0 saturated carbocycles. The largest absolute Gasteiger partial charge is 0.335 e. The first-order valence-electron chi connectivity index (χ1n) is 6.84. The Morgan fingerprint density at radius 1 is 1.21 bits per heavy atom. The van der Waals surface area contributed by atoms with E-state index >= 15 is 0 Å². The van der Waals surface area contributed by atoms with Gasteiger partial charge in [-0.2, -0.15) is 0 Å². The van der Waals surface area contributed by atoms with Crippen molar-refractivity contribution >= 4 is 0 Å². The van der Waals surface area contributed by atoms with Gasteiger partial charge in [0.2, 0.25) is 0 Å². The molecule has 0 fully saturated rings. The number of likely N-dealkylation sites (N-methyl/N-ethyl adjacent to an activating group) is 1. The summed E-state index contributed by atoms with van der Waals surface area (Å²) in [6, 6.07) is 0.164. The van der Waals surface area contributed by atoms with Gasteiger partial charge >= 0.3 is 0 Å². The van der Waals surface area contributed by atoms with Crippen LogP contribution in [-0.4, -0.2) is 26.1 Å². The summed E-state index contributed by atoms with van der Waals surface area (Å²) in [5, 5.41) is 3.45. The summed E-state index contributed by atoms with van der Waals surface area (Å²) in [5.41, 5.74) is 0.968. The maximum Gasteiger partial charge on any atom is 0.110 e. The summed E-state index contributed by atoms with van der Waals surface area (Å²) in [4.78, 5) is 13.0. The predicted molar refractivity (Wildman–Crippen MR) is 74.7 cm³/mol. The molecule has 5 nitrogen and oxygen atoms in total. The highest BCUT2D eigenvalue weighted by Gasteiger charge is 2.15. The summed E-state index contributed by atoms with van der Waals surface area (Å²) in [6.45, 7) is 6.18. The molecule has 0 bridgehead atoms. The van der Waals surface area contributed by atoms with Crippen molar-refractivity contribution in [3.8, 4) is 0 Å². The molecule has 19 heavy (non-hydrogen) atoms. The predicted octanol–water partition coefficient (Wildman–Crippen LogP) is 1.98. The van der Waals surface area contributed by atoms with Gasteiger partial charge in [0.05, 0.1) is 11.7 Å². The summed E-state index contributed by atoms with van der Waals surface area (Å²) < 4.78 is 2.21. The normalized spacial score (nSPS) is 12.5. The topological polar surface area (TPSA) is 55.6 Å². The van der Waals surface area contributed by atoms with Gasteiger partial charge in [-0.05, 0) is 13.0 Å². The van der Waals surface area contributed by atoms with Gasteiger partial charge in [0.25, 0.3) is 0 Å². The van der Waals surface area contributed by atoms with Crippen LogP contribution in [0.2, 0.25) is 0 Å². The van der Waals surface area contributed by atoms with Gasteiger partial charge < -0.3 is 9.88 Å². The molecule has 5 heteroatoms. The third-order valence-corrected chi connectivity index (χ3v) is 3.04. The molecular weight excluding hydrogens is 238 g/mol. The zero-order valence-electron chi connectivity index (χ0n) is 11.6. The van der Waals surface area contributed by atoms with Gasteiger partial charge in [0.15, 0.2) is 0 Å². The number of imidazole rings is 1. The molecule has 0 aliphatic heterocycles. The van der Waals surface area contributed by atoms with Crippen molar-refractivity contribution in [3.63, 3.8) is 0 Å². The lowest BCUT2D eigenvalue weighted by atomic mass is 10.1. The van der Waals surface area contributed by atoms with Gasteiger partial charge in [0.1, 0.15) is 5.82 Å². The standard InChI is InChI=1S/C14H21N5/c1-3-8-19-9-7-18-14(19)10-12(16-4-2)13-11-15-5-6-17-13/h5-7,9,11-12,16H,3-4,8,10H2,1-2H3. The Hall–Kier alpha value is -1.75. The van der Waals surface area contributed by atoms with Crippen molar-refractivity contribution < 1.29 is 0 Å². The summed E-state index contributed by atoms with van der Waals surface area (Å²) in [5.74, 6) is 1.10. The number of aromatic nitrogens is 4. The van der Waals surface area contributed by atoms with E-state index in [9.17, 15) is 0 Å². The van der Waals surface area contributed by atoms with Crippen molar-refractivity contribution in [1.82, 2.24) is 24.8 Å². The maximum atomic E-state index is 4.46. The zero-order chi connectivity index (χ0) is 13.5. The Morgan fingerprint density at radius 3 is 2.79 bits per heavy atom. The Kier molecular flexibility index (Phi) is 5.03. The van der Waals surface area contributed by atoms with E-state index in [-0.39, 0.29) is 6.04 Å². The second kappa shape index (κ2) is 6.99. The lowest BCUT2D eigenvalue weighted by Crippen LogP contribution is -2.25. The van der Waals surface area contributed by atoms with Gasteiger partial charge in [-0.1, -0.05) is 13.8 Å². The molecule has 1 N–H and O–H groups in total. The van der Waals surface area contributed by atoms with Crippen LogP contribution in [-0.2, 0) is 13.0 Å². The van der Waals surface area contributed by atoms with Gasteiger partial charge in [-0.3, -0.25) is 9.97 Å². The van der Waals surface area contributed by atoms with Crippen LogP contribution >= 0.6 is 0 Å². The Bertz CT molecular complexity index is 480. The first-order valence-corrected chi connectivity index (χ1v) is 6.84. The third-order valence-electron chi connectivity index (χ3n) is 3.04. The van der Waals surface area contributed by atoms with Crippen LogP contribution in [0.5, 0.6) is 0 Å². The molecule has 1 atom stereocenters. The molecular formula is C14H21N5. The molecule has 0 amide bonds. The molecule has 0 spiro atoms. The van der Waals surface area contributed by atoms with Crippen LogP contribution in [0.25, 0.3) is 0 Å². The molecule has 2 heterocycles. The molecule has 2 aromatic heterocycles. The van der Waals surface area contributed by atoms with Crippen LogP contribution < -0.4 is 5.32 Å². The number of hydrogen-bond donors (Lipinski definition) is 1. The summed E-state index contributed by atoms with van der Waals surface area (Å²) in [7, 11) is 0. The average molecular weight is 259 g/mol. The number of nitrogens with zero attached hydrogens (tertiary/aromatic N) is 4. The van der Waals surface area contributed by atoms with E-state index in [2.05, 4.69) is 38.7 Å². The molecule has 0 aliphatic carbocycles. The van der Waals surface area contributed by atoms with E-state index < -0.39 is 0 Å². The SMILES string of the molecule is CCCn1ccnc1CC(NCC)c1cnccn1. The minimum Gasteiger partial charge on any atom is -0.335 e. The molecule has 2 aromatic rings. The molecule has 0 radical (unpaired) electrons. The quantitative estimate of drug-likeness (QED) is 0.826. The maximum absolute atomic E-state index is 4.46. The van der Waals surface area contributed by atoms with Crippen molar-refractivity contribution in [2.24, 2.45) is 0 Å². The minimum atomic E-state index is 0.164. The first kappa shape index (κ1) is 13.7. The lowest BCUT2D eigenvalue weighted by Gasteiger charge is -2.17. The Balaban J connectivity index is 2.14. The minimum absolute atomic E-state index is 0.164. The van der Waals surface area contributed by atoms with E-state index in [1.165, 1.54) is 0 Å². The highest BCUT2D eigenvalue weighted by molar-refractivity contribution is 5.07. The summed E-state index contributed by atoms with van der Waals surface area (Å²) >= 11 is 0. The number of aryl methyl sites for hydroxylation is 1. The van der Waals surface area contributed by atoms with Crippen molar-refractivity contribution in [3.05, 3.63) is 42.5 Å². The monoisotopic (exact) mass is 259 g/mol. The number of rotatable bonds is 7. The van der Waals surface area contributed by atoms with E-state index in [1.807, 2.05) is 18.6 Å². The van der Waals surface area contributed by atoms with Crippen molar-refractivity contribution in [2.75, 3.05) is 6.54 Å². The zero-order valence-corrected chi connectivity index (χ0v) is 11.6. The molecule has 0 aliphatic rings. The second-order valence-electron chi connectivity index (χ2n) is 4.48. The fraction of sp³-hybridized carbons (Fsp3) is 0.500. The second-order valence-corrected chi connectivity index (χ2v) is 4.48. The summed E-state index contributed by atoms with van der Waals surface area (Å²) in [6.07, 6.45) is 11.1. The highest BCUT2D eigenvalue weighted by Crippen LogP contribution is 2.15.